The fraction of sp³-hybridized carbons (Fsp3) is 0.421. The summed E-state index contributed by atoms with van der Waals surface area (Å²) in [4.78, 5) is 3.89. The molecule has 1 saturated heterocycles. The van der Waals surface area contributed by atoms with E-state index in [9.17, 15) is 0 Å². The molecule has 5 nitrogen and oxygen atoms in total. The second-order valence-corrected chi connectivity index (χ2v) is 7.53. The van der Waals surface area contributed by atoms with Gasteiger partial charge in [-0.25, -0.2) is 4.68 Å². The number of nitrogens with zero attached hydrogens (tertiary/aromatic N) is 5. The summed E-state index contributed by atoms with van der Waals surface area (Å²) in [6, 6.07) is 14.9. The highest BCUT2D eigenvalue weighted by atomic mass is 35.5. The van der Waals surface area contributed by atoms with E-state index >= 15 is 0 Å². The molecule has 2 aromatic heterocycles. The standard InChI is InChI=1S/C19H23N5S.ClH/c1-2-7-13-23(12-6-1)18(17-11-8-14-25-17)19-20-21-22-24(19)15-16-9-4-3-5-10-16;/h3-5,8-11,14,18H,1-2,6-7,12-13,15H2;1H. The van der Waals surface area contributed by atoms with Crippen molar-refractivity contribution in [2.45, 2.75) is 38.3 Å². The van der Waals surface area contributed by atoms with Gasteiger partial charge in [0.2, 0.25) is 0 Å². The van der Waals surface area contributed by atoms with E-state index in [1.165, 1.54) is 36.1 Å². The summed E-state index contributed by atoms with van der Waals surface area (Å²) in [6.45, 7) is 2.93. The Labute approximate surface area is 164 Å². The van der Waals surface area contributed by atoms with Gasteiger partial charge in [-0.1, -0.05) is 49.2 Å². The maximum absolute atomic E-state index is 4.44. The normalized spacial score (nSPS) is 16.6. The van der Waals surface area contributed by atoms with Crippen molar-refractivity contribution in [1.29, 1.82) is 0 Å². The average molecular weight is 390 g/mol. The molecule has 0 N–H and O–H groups in total. The van der Waals surface area contributed by atoms with E-state index in [1.54, 1.807) is 11.3 Å². The van der Waals surface area contributed by atoms with Crippen LogP contribution in [0.4, 0.5) is 0 Å². The Morgan fingerprint density at radius 3 is 2.42 bits per heavy atom. The second kappa shape index (κ2) is 9.26. The molecule has 1 aliphatic rings. The van der Waals surface area contributed by atoms with Crippen molar-refractivity contribution in [2.24, 2.45) is 0 Å². The van der Waals surface area contributed by atoms with Gasteiger partial charge in [-0.05, 0) is 53.4 Å². The Balaban J connectivity index is 0.00000196. The first-order valence-corrected chi connectivity index (χ1v) is 9.87. The zero-order valence-corrected chi connectivity index (χ0v) is 16.3. The molecule has 1 aromatic carbocycles. The first-order chi connectivity index (χ1) is 12.4. The molecule has 138 valence electrons. The van der Waals surface area contributed by atoms with E-state index in [0.29, 0.717) is 6.54 Å². The topological polar surface area (TPSA) is 46.8 Å². The lowest BCUT2D eigenvalue weighted by molar-refractivity contribution is 0.224. The second-order valence-electron chi connectivity index (χ2n) is 6.55. The number of hydrogen-bond donors (Lipinski definition) is 0. The molecule has 4 rings (SSSR count). The molecule has 1 aliphatic heterocycles. The first kappa shape index (κ1) is 19.0. The Hall–Kier alpha value is -1.76. The van der Waals surface area contributed by atoms with Crippen LogP contribution in [0.5, 0.6) is 0 Å². The highest BCUT2D eigenvalue weighted by molar-refractivity contribution is 7.10. The fourth-order valence-corrected chi connectivity index (χ4v) is 4.40. The molecule has 7 heteroatoms. The van der Waals surface area contributed by atoms with E-state index in [0.717, 1.165) is 18.9 Å². The van der Waals surface area contributed by atoms with Gasteiger partial charge in [0.05, 0.1) is 6.54 Å². The van der Waals surface area contributed by atoms with Gasteiger partial charge in [-0.2, -0.15) is 0 Å². The van der Waals surface area contributed by atoms with E-state index in [2.05, 4.69) is 62.2 Å². The van der Waals surface area contributed by atoms with Crippen molar-refractivity contribution in [1.82, 2.24) is 25.1 Å². The smallest absolute Gasteiger partial charge is 0.174 e. The number of likely N-dealkylation sites (tertiary alicyclic amines) is 1. The van der Waals surface area contributed by atoms with Gasteiger partial charge in [-0.15, -0.1) is 28.8 Å². The monoisotopic (exact) mass is 389 g/mol. The van der Waals surface area contributed by atoms with Crippen molar-refractivity contribution in [3.8, 4) is 0 Å². The highest BCUT2D eigenvalue weighted by Gasteiger charge is 2.29. The van der Waals surface area contributed by atoms with Gasteiger partial charge in [0.25, 0.3) is 0 Å². The third-order valence-corrected chi connectivity index (χ3v) is 5.72. The van der Waals surface area contributed by atoms with Crippen LogP contribution in [0.15, 0.2) is 47.8 Å². The van der Waals surface area contributed by atoms with Crippen molar-refractivity contribution < 1.29 is 0 Å². The van der Waals surface area contributed by atoms with Gasteiger partial charge >= 0.3 is 0 Å². The van der Waals surface area contributed by atoms with Gasteiger partial charge in [0.1, 0.15) is 6.04 Å². The molecule has 1 unspecified atom stereocenters. The molecule has 1 fully saturated rings. The number of benzene rings is 1. The van der Waals surface area contributed by atoms with Gasteiger partial charge in [0, 0.05) is 4.88 Å². The summed E-state index contributed by atoms with van der Waals surface area (Å²) >= 11 is 1.79. The van der Waals surface area contributed by atoms with Gasteiger partial charge in [0.15, 0.2) is 5.82 Å². The van der Waals surface area contributed by atoms with Crippen LogP contribution in [0.25, 0.3) is 0 Å². The van der Waals surface area contributed by atoms with E-state index in [-0.39, 0.29) is 18.4 Å². The van der Waals surface area contributed by atoms with E-state index in [4.69, 9.17) is 0 Å². The summed E-state index contributed by atoms with van der Waals surface area (Å²) < 4.78 is 1.96. The van der Waals surface area contributed by atoms with Crippen LogP contribution in [-0.4, -0.2) is 38.2 Å². The van der Waals surface area contributed by atoms with E-state index < -0.39 is 0 Å². The number of aromatic nitrogens is 4. The summed E-state index contributed by atoms with van der Waals surface area (Å²) in [5.74, 6) is 0.952. The summed E-state index contributed by atoms with van der Waals surface area (Å²) in [5.41, 5.74) is 1.22. The van der Waals surface area contributed by atoms with Crippen LogP contribution in [0, 0.1) is 0 Å². The Morgan fingerprint density at radius 1 is 0.962 bits per heavy atom. The van der Waals surface area contributed by atoms with Gasteiger partial charge < -0.3 is 0 Å². The molecular formula is C19H24ClN5S. The van der Waals surface area contributed by atoms with Crippen LogP contribution in [0.3, 0.4) is 0 Å². The molecule has 0 saturated carbocycles. The number of hydrogen-bond acceptors (Lipinski definition) is 5. The minimum atomic E-state index is 0. The van der Waals surface area contributed by atoms with Crippen LogP contribution < -0.4 is 0 Å². The molecule has 3 aromatic rings. The minimum absolute atomic E-state index is 0. The lowest BCUT2D eigenvalue weighted by atomic mass is 10.1. The van der Waals surface area contributed by atoms with E-state index in [1.807, 2.05) is 10.7 Å². The quantitative estimate of drug-likeness (QED) is 0.657. The van der Waals surface area contributed by atoms with Crippen LogP contribution >= 0.6 is 23.7 Å². The molecule has 0 bridgehead atoms. The summed E-state index contributed by atoms with van der Waals surface area (Å²) in [7, 11) is 0. The number of halogens is 1. The lowest BCUT2D eigenvalue weighted by Gasteiger charge is -2.29. The highest BCUT2D eigenvalue weighted by Crippen LogP contribution is 2.32. The van der Waals surface area contributed by atoms with Crippen molar-refractivity contribution in [3.05, 3.63) is 64.1 Å². The molecule has 0 amide bonds. The Morgan fingerprint density at radius 2 is 1.73 bits per heavy atom. The third kappa shape index (κ3) is 4.31. The number of rotatable bonds is 5. The van der Waals surface area contributed by atoms with Crippen molar-refractivity contribution in [2.75, 3.05) is 13.1 Å². The van der Waals surface area contributed by atoms with Crippen LogP contribution in [-0.2, 0) is 6.54 Å². The zero-order chi connectivity index (χ0) is 16.9. The molecule has 1 atom stereocenters. The molecule has 0 spiro atoms. The fourth-order valence-electron chi connectivity index (χ4n) is 3.55. The van der Waals surface area contributed by atoms with Crippen molar-refractivity contribution in [3.63, 3.8) is 0 Å². The lowest BCUT2D eigenvalue weighted by Crippen LogP contribution is -2.32. The molecular weight excluding hydrogens is 366 g/mol. The molecule has 3 heterocycles. The minimum Gasteiger partial charge on any atom is -0.289 e. The van der Waals surface area contributed by atoms with Crippen LogP contribution in [0.2, 0.25) is 0 Å². The maximum atomic E-state index is 4.44. The maximum Gasteiger partial charge on any atom is 0.174 e. The zero-order valence-electron chi connectivity index (χ0n) is 14.7. The summed E-state index contributed by atoms with van der Waals surface area (Å²) in [5, 5.41) is 14.9. The average Bonchev–Trinajstić information content (AvgIpc) is 3.25. The predicted molar refractivity (Wildman–Crippen MR) is 107 cm³/mol. The Bertz CT molecular complexity index is 766. The molecule has 0 radical (unpaired) electrons. The molecule has 26 heavy (non-hydrogen) atoms. The number of thiophene rings is 1. The largest absolute Gasteiger partial charge is 0.289 e. The Kier molecular flexibility index (Phi) is 6.77. The number of tetrazole rings is 1. The predicted octanol–water partition coefficient (Wildman–Crippen LogP) is 4.17. The summed E-state index contributed by atoms with van der Waals surface area (Å²) in [6.07, 6.45) is 5.15. The molecule has 0 aliphatic carbocycles. The third-order valence-electron chi connectivity index (χ3n) is 4.80. The van der Waals surface area contributed by atoms with Gasteiger partial charge in [-0.3, -0.25) is 4.90 Å². The van der Waals surface area contributed by atoms with Crippen LogP contribution in [0.1, 0.15) is 48.0 Å². The SMILES string of the molecule is Cl.c1ccc(Cn2nnnc2C(c2cccs2)N2CCCCCC2)cc1. The van der Waals surface area contributed by atoms with Crippen molar-refractivity contribution >= 4 is 23.7 Å². The first-order valence-electron chi connectivity index (χ1n) is 8.99.